The summed E-state index contributed by atoms with van der Waals surface area (Å²) in [6.45, 7) is 4.94. The molecular weight excluding hydrogens is 460 g/mol. The number of rotatable bonds is 14. The molecule has 1 rings (SSSR count). The van der Waals surface area contributed by atoms with Crippen molar-refractivity contribution in [2.45, 2.75) is 70.6 Å². The molecule has 1 aromatic rings. The molecule has 0 fully saturated rings. The van der Waals surface area contributed by atoms with E-state index in [1.807, 2.05) is 13.8 Å². The zero-order valence-corrected chi connectivity index (χ0v) is 20.0. The first kappa shape index (κ1) is 29.4. The molecule has 3 amide bonds. The first-order chi connectivity index (χ1) is 16.3. The van der Waals surface area contributed by atoms with Gasteiger partial charge in [-0.25, -0.2) is 0 Å². The fraction of sp³-hybridized carbons (Fsp3) is 0.522. The smallest absolute Gasteiger partial charge is 0.325 e. The third-order valence-electron chi connectivity index (χ3n) is 5.08. The highest BCUT2D eigenvalue weighted by Crippen LogP contribution is 2.13. The van der Waals surface area contributed by atoms with Crippen LogP contribution >= 0.6 is 0 Å². The van der Waals surface area contributed by atoms with Crippen LogP contribution in [0, 0.1) is 5.92 Å². The number of phenolic OH excluding ortho intramolecular Hbond substituents is 1. The summed E-state index contributed by atoms with van der Waals surface area (Å²) < 4.78 is 0. The Bertz CT molecular complexity index is 903. The van der Waals surface area contributed by atoms with E-state index in [-0.39, 0.29) is 37.4 Å². The number of nitrogens with two attached hydrogens (primary N) is 1. The van der Waals surface area contributed by atoms with Gasteiger partial charge in [-0.2, -0.15) is 0 Å². The molecule has 35 heavy (non-hydrogen) atoms. The molecule has 4 atom stereocenters. The van der Waals surface area contributed by atoms with Gasteiger partial charge in [-0.05, 0) is 43.4 Å². The number of nitrogens with one attached hydrogen (secondary N) is 3. The molecule has 0 aliphatic rings. The van der Waals surface area contributed by atoms with Crippen molar-refractivity contribution < 1.29 is 39.3 Å². The van der Waals surface area contributed by atoms with Gasteiger partial charge in [-0.3, -0.25) is 24.0 Å². The monoisotopic (exact) mass is 494 g/mol. The molecule has 0 bridgehead atoms. The molecule has 12 heteroatoms. The second-order valence-electron chi connectivity index (χ2n) is 8.73. The number of amides is 3. The molecule has 0 aliphatic heterocycles. The normalized spacial score (nSPS) is 14.3. The lowest BCUT2D eigenvalue weighted by Gasteiger charge is -2.25. The van der Waals surface area contributed by atoms with Crippen LogP contribution in [0.4, 0.5) is 0 Å². The molecule has 4 unspecified atom stereocenters. The Morgan fingerprint density at radius 1 is 0.857 bits per heavy atom. The first-order valence-corrected chi connectivity index (χ1v) is 11.2. The molecule has 1 aromatic carbocycles. The first-order valence-electron chi connectivity index (χ1n) is 11.2. The molecule has 0 aromatic heterocycles. The Labute approximate surface area is 203 Å². The van der Waals surface area contributed by atoms with E-state index in [1.54, 1.807) is 12.1 Å². The van der Waals surface area contributed by atoms with E-state index < -0.39 is 53.8 Å². The maximum Gasteiger partial charge on any atom is 0.325 e. The Kier molecular flexibility index (Phi) is 11.7. The van der Waals surface area contributed by atoms with Crippen molar-refractivity contribution in [3.63, 3.8) is 0 Å². The average Bonchev–Trinajstić information content (AvgIpc) is 2.77. The summed E-state index contributed by atoms with van der Waals surface area (Å²) in [6.07, 6.45) is -0.269. The minimum absolute atomic E-state index is 0.00888. The summed E-state index contributed by atoms with van der Waals surface area (Å²) in [4.78, 5) is 60.2. The molecule has 8 N–H and O–H groups in total. The van der Waals surface area contributed by atoms with Gasteiger partial charge in [0.1, 0.15) is 23.9 Å². The summed E-state index contributed by atoms with van der Waals surface area (Å²) in [5.74, 6) is -4.51. The zero-order chi connectivity index (χ0) is 26.7. The number of carbonyl (C=O) groups is 5. The fourth-order valence-electron chi connectivity index (χ4n) is 3.12. The predicted molar refractivity (Wildman–Crippen MR) is 125 cm³/mol. The molecule has 0 saturated carbocycles. The Balaban J connectivity index is 3.08. The van der Waals surface area contributed by atoms with Crippen molar-refractivity contribution in [1.29, 1.82) is 0 Å². The van der Waals surface area contributed by atoms with E-state index in [9.17, 15) is 29.1 Å². The summed E-state index contributed by atoms with van der Waals surface area (Å²) >= 11 is 0. The van der Waals surface area contributed by atoms with Crippen LogP contribution in [0.25, 0.3) is 0 Å². The standard InChI is InChI=1S/C23H34N4O8/c1-12(2)10-17(21(32)25-13(3)23(34)35)27-22(33)18(11-14-4-6-15(28)7-5-14)26-20(31)16(24)8-9-19(29)30/h4-7,12-13,16-18,28H,8-11,24H2,1-3H3,(H,25,32)(H,26,31)(H,27,33)(H,29,30)(H,34,35). The average molecular weight is 495 g/mol. The largest absolute Gasteiger partial charge is 0.508 e. The van der Waals surface area contributed by atoms with Crippen LogP contribution in [0.15, 0.2) is 24.3 Å². The highest BCUT2D eigenvalue weighted by Gasteiger charge is 2.30. The Morgan fingerprint density at radius 2 is 1.40 bits per heavy atom. The number of carboxylic acids is 2. The molecule has 0 saturated heterocycles. The van der Waals surface area contributed by atoms with Crippen LogP contribution in [-0.2, 0) is 30.4 Å². The SMILES string of the molecule is CC(C)CC(NC(=O)C(Cc1ccc(O)cc1)NC(=O)C(N)CCC(=O)O)C(=O)NC(C)C(=O)O. The van der Waals surface area contributed by atoms with Crippen LogP contribution in [0.3, 0.4) is 0 Å². The van der Waals surface area contributed by atoms with E-state index in [2.05, 4.69) is 16.0 Å². The highest BCUT2D eigenvalue weighted by atomic mass is 16.4. The molecular formula is C23H34N4O8. The Morgan fingerprint density at radius 3 is 1.91 bits per heavy atom. The van der Waals surface area contributed by atoms with Crippen LogP contribution in [0.5, 0.6) is 5.75 Å². The topological polar surface area (TPSA) is 208 Å². The van der Waals surface area contributed by atoms with E-state index in [4.69, 9.17) is 15.9 Å². The summed E-state index contributed by atoms with van der Waals surface area (Å²) in [5.41, 5.74) is 6.36. The lowest BCUT2D eigenvalue weighted by atomic mass is 10.0. The number of hydrogen-bond donors (Lipinski definition) is 7. The van der Waals surface area contributed by atoms with Gasteiger partial charge >= 0.3 is 11.9 Å². The fourth-order valence-corrected chi connectivity index (χ4v) is 3.12. The number of carboxylic acid groups (broad SMARTS) is 2. The maximum atomic E-state index is 13.1. The molecule has 0 radical (unpaired) electrons. The van der Waals surface area contributed by atoms with Gasteiger partial charge in [-0.1, -0.05) is 26.0 Å². The van der Waals surface area contributed by atoms with Crippen LogP contribution in [-0.4, -0.2) is 69.1 Å². The van der Waals surface area contributed by atoms with Gasteiger partial charge in [0.05, 0.1) is 6.04 Å². The molecule has 0 spiro atoms. The van der Waals surface area contributed by atoms with Gasteiger partial charge in [0.25, 0.3) is 0 Å². The summed E-state index contributed by atoms with van der Waals surface area (Å²) in [6, 6.07) is 1.34. The summed E-state index contributed by atoms with van der Waals surface area (Å²) in [7, 11) is 0. The number of benzene rings is 1. The minimum Gasteiger partial charge on any atom is -0.508 e. The van der Waals surface area contributed by atoms with Crippen molar-refractivity contribution >= 4 is 29.7 Å². The van der Waals surface area contributed by atoms with E-state index in [0.717, 1.165) is 0 Å². The quantitative estimate of drug-likeness (QED) is 0.181. The number of hydrogen-bond acceptors (Lipinski definition) is 7. The molecule has 0 aliphatic carbocycles. The lowest BCUT2D eigenvalue weighted by molar-refractivity contribution is -0.142. The van der Waals surface area contributed by atoms with Gasteiger partial charge in [0, 0.05) is 12.8 Å². The van der Waals surface area contributed by atoms with Gasteiger partial charge in [0.2, 0.25) is 17.7 Å². The van der Waals surface area contributed by atoms with E-state index >= 15 is 0 Å². The minimum atomic E-state index is -1.24. The van der Waals surface area contributed by atoms with Crippen LogP contribution < -0.4 is 21.7 Å². The van der Waals surface area contributed by atoms with Gasteiger partial charge in [-0.15, -0.1) is 0 Å². The van der Waals surface area contributed by atoms with Crippen molar-refractivity contribution in [3.8, 4) is 5.75 Å². The van der Waals surface area contributed by atoms with Crippen molar-refractivity contribution in [2.24, 2.45) is 11.7 Å². The zero-order valence-electron chi connectivity index (χ0n) is 20.0. The number of aromatic hydroxyl groups is 1. The molecule has 12 nitrogen and oxygen atoms in total. The predicted octanol–water partition coefficient (Wildman–Crippen LogP) is -0.268. The van der Waals surface area contributed by atoms with Gasteiger partial charge in [0.15, 0.2) is 0 Å². The highest BCUT2D eigenvalue weighted by molar-refractivity contribution is 5.94. The van der Waals surface area contributed by atoms with Crippen molar-refractivity contribution in [3.05, 3.63) is 29.8 Å². The van der Waals surface area contributed by atoms with Crippen molar-refractivity contribution in [1.82, 2.24) is 16.0 Å². The van der Waals surface area contributed by atoms with Crippen LogP contribution in [0.1, 0.15) is 45.6 Å². The Hall–Kier alpha value is -3.67. The van der Waals surface area contributed by atoms with E-state index in [0.29, 0.717) is 5.56 Å². The van der Waals surface area contributed by atoms with E-state index in [1.165, 1.54) is 19.1 Å². The molecule has 0 heterocycles. The van der Waals surface area contributed by atoms with Gasteiger partial charge < -0.3 is 37.0 Å². The third-order valence-corrected chi connectivity index (χ3v) is 5.08. The number of carbonyl (C=O) groups excluding carboxylic acids is 3. The maximum absolute atomic E-state index is 13.1. The number of aliphatic carboxylic acids is 2. The van der Waals surface area contributed by atoms with Crippen LogP contribution in [0.2, 0.25) is 0 Å². The van der Waals surface area contributed by atoms with Crippen molar-refractivity contribution in [2.75, 3.05) is 0 Å². The molecule has 194 valence electrons. The second kappa shape index (κ2) is 13.9. The summed E-state index contributed by atoms with van der Waals surface area (Å²) in [5, 5.41) is 34.8. The second-order valence-corrected chi connectivity index (χ2v) is 8.73. The third kappa shape index (κ3) is 10.9. The lowest BCUT2D eigenvalue weighted by Crippen LogP contribution is -2.57. The number of phenols is 1.